The van der Waals surface area contributed by atoms with E-state index < -0.39 is 12.1 Å². The number of hydrogen-bond donors (Lipinski definition) is 2. The zero-order valence-electron chi connectivity index (χ0n) is 9.40. The van der Waals surface area contributed by atoms with Crippen LogP contribution in [0.25, 0.3) is 0 Å². The lowest BCUT2D eigenvalue weighted by Crippen LogP contribution is -2.15. The Morgan fingerprint density at radius 2 is 1.94 bits per heavy atom. The maximum absolute atomic E-state index is 11.9. The van der Waals surface area contributed by atoms with Gasteiger partial charge in [-0.2, -0.15) is 0 Å². The van der Waals surface area contributed by atoms with Crippen molar-refractivity contribution in [2.24, 2.45) is 0 Å². The molecule has 0 bridgehead atoms. The number of alkyl halides is 2. The molecule has 1 rings (SSSR count). The first-order chi connectivity index (χ1) is 8.51. The Hall–Kier alpha value is -0.720. The molecule has 1 unspecified atom stereocenters. The number of aliphatic hydroxyl groups excluding tert-OH is 1. The molecule has 18 heavy (non-hydrogen) atoms. The molecule has 1 atom stereocenters. The van der Waals surface area contributed by atoms with Crippen molar-refractivity contribution in [2.45, 2.75) is 17.9 Å². The first-order valence-electron chi connectivity index (χ1n) is 5.20. The molecule has 0 radical (unpaired) electrons. The van der Waals surface area contributed by atoms with Crippen molar-refractivity contribution in [3.05, 3.63) is 34.9 Å². The fraction of sp³-hybridized carbons (Fsp3) is 0.333. The summed E-state index contributed by atoms with van der Waals surface area (Å²) in [6.45, 7) is 0. The normalized spacial score (nSPS) is 12.2. The van der Waals surface area contributed by atoms with Crippen molar-refractivity contribution < 1.29 is 19.8 Å². The molecule has 6 heteroatoms. The number of carbonyl (C=O) groups excluding carboxylic acids is 1. The largest absolute Gasteiger partial charge is 0.479 e. The number of aliphatic hydroxyl groups is 1. The van der Waals surface area contributed by atoms with Crippen molar-refractivity contribution in [2.75, 3.05) is 5.33 Å². The highest BCUT2D eigenvalue weighted by atomic mass is 79.9. The van der Waals surface area contributed by atoms with Crippen molar-refractivity contribution >= 4 is 43.6 Å². The van der Waals surface area contributed by atoms with Gasteiger partial charge in [-0.05, 0) is 11.6 Å². The Kier molecular flexibility index (Phi) is 5.98. The molecule has 0 aliphatic rings. The molecule has 0 amide bonds. The van der Waals surface area contributed by atoms with Crippen molar-refractivity contribution in [3.8, 4) is 0 Å². The van der Waals surface area contributed by atoms with Gasteiger partial charge in [0.25, 0.3) is 0 Å². The third-order valence-corrected chi connectivity index (χ3v) is 3.47. The van der Waals surface area contributed by atoms with Gasteiger partial charge in [0.15, 0.2) is 11.9 Å². The van der Waals surface area contributed by atoms with E-state index in [1.165, 1.54) is 6.07 Å². The highest BCUT2D eigenvalue weighted by Gasteiger charge is 2.22. The van der Waals surface area contributed by atoms with Crippen LogP contribution in [0, 0.1) is 0 Å². The third kappa shape index (κ3) is 3.63. The maximum atomic E-state index is 11.9. The van der Waals surface area contributed by atoms with E-state index in [-0.39, 0.29) is 23.3 Å². The van der Waals surface area contributed by atoms with E-state index in [1.807, 2.05) is 0 Å². The third-order valence-electron chi connectivity index (χ3n) is 2.42. The molecule has 1 aromatic rings. The second-order valence-electron chi connectivity index (χ2n) is 3.66. The maximum Gasteiger partial charge on any atom is 0.337 e. The van der Waals surface area contributed by atoms with Crippen LogP contribution in [0.2, 0.25) is 0 Å². The minimum absolute atomic E-state index is 0.137. The van der Waals surface area contributed by atoms with Gasteiger partial charge in [-0.15, -0.1) is 0 Å². The Balaban J connectivity index is 3.24. The molecule has 0 aliphatic heterocycles. The fourth-order valence-corrected chi connectivity index (χ4v) is 2.23. The van der Waals surface area contributed by atoms with Gasteiger partial charge in [0.2, 0.25) is 0 Å². The number of carbonyl (C=O) groups is 2. The van der Waals surface area contributed by atoms with Crippen molar-refractivity contribution in [3.63, 3.8) is 0 Å². The van der Waals surface area contributed by atoms with Crippen LogP contribution in [-0.4, -0.2) is 27.3 Å². The van der Waals surface area contributed by atoms with Gasteiger partial charge in [-0.3, -0.25) is 4.79 Å². The number of halogens is 2. The minimum atomic E-state index is -1.68. The van der Waals surface area contributed by atoms with Crippen LogP contribution < -0.4 is 0 Å². The number of rotatable bonds is 6. The summed E-state index contributed by atoms with van der Waals surface area (Å²) in [6, 6.07) is 4.78. The van der Waals surface area contributed by atoms with Gasteiger partial charge in [0.05, 0.1) is 0 Å². The van der Waals surface area contributed by atoms with Crippen LogP contribution in [0.3, 0.4) is 0 Å². The Bertz CT molecular complexity index is 459. The molecule has 0 saturated heterocycles. The lowest BCUT2D eigenvalue weighted by molar-refractivity contribution is -0.146. The van der Waals surface area contributed by atoms with Crippen molar-refractivity contribution in [1.82, 2.24) is 0 Å². The lowest BCUT2D eigenvalue weighted by Gasteiger charge is -2.12. The lowest BCUT2D eigenvalue weighted by atomic mass is 9.96. The van der Waals surface area contributed by atoms with E-state index in [0.29, 0.717) is 10.7 Å². The first-order valence-corrected chi connectivity index (χ1v) is 7.44. The Labute approximate surface area is 121 Å². The van der Waals surface area contributed by atoms with E-state index in [2.05, 4.69) is 31.9 Å². The number of carboxylic acids is 1. The molecule has 1 aromatic carbocycles. The second-order valence-corrected chi connectivity index (χ2v) is 5.01. The molecule has 0 heterocycles. The van der Waals surface area contributed by atoms with Gasteiger partial charge < -0.3 is 10.2 Å². The fourth-order valence-electron chi connectivity index (χ4n) is 1.52. The topological polar surface area (TPSA) is 74.6 Å². The van der Waals surface area contributed by atoms with Gasteiger partial charge in [0, 0.05) is 28.2 Å². The monoisotopic (exact) mass is 378 g/mol. The summed E-state index contributed by atoms with van der Waals surface area (Å²) in [5, 5.41) is 19.5. The molecule has 0 saturated carbocycles. The molecule has 2 N–H and O–H groups in total. The summed E-state index contributed by atoms with van der Waals surface area (Å²) in [4.78, 5) is 22.7. The molecule has 4 nitrogen and oxygen atoms in total. The van der Waals surface area contributed by atoms with E-state index in [4.69, 9.17) is 5.11 Å². The van der Waals surface area contributed by atoms with Crippen LogP contribution in [0.4, 0.5) is 0 Å². The molecular weight excluding hydrogens is 368 g/mol. The van der Waals surface area contributed by atoms with E-state index in [9.17, 15) is 14.7 Å². The summed E-state index contributed by atoms with van der Waals surface area (Å²) in [7, 11) is 0. The summed E-state index contributed by atoms with van der Waals surface area (Å²) in [5.41, 5.74) is 1.26. The zero-order chi connectivity index (χ0) is 13.7. The number of aliphatic carboxylic acids is 1. The van der Waals surface area contributed by atoms with Crippen LogP contribution in [-0.2, 0) is 10.1 Å². The predicted octanol–water partition coefficient (Wildman–Crippen LogP) is 2.67. The standard InChI is InChI=1S/C12H12Br2O4/c13-4-3-10(15)9-5-7(6-14)1-2-8(9)11(16)12(17)18/h1-2,5,11,16H,3-4,6H2,(H,17,18). The van der Waals surface area contributed by atoms with E-state index in [0.717, 1.165) is 5.56 Å². The number of Topliss-reactive ketones (excluding diaryl/α,β-unsaturated/α-hetero) is 1. The average molecular weight is 380 g/mol. The number of carboxylic acid groups (broad SMARTS) is 1. The minimum Gasteiger partial charge on any atom is -0.479 e. The second kappa shape index (κ2) is 7.01. The smallest absolute Gasteiger partial charge is 0.337 e. The number of hydrogen-bond acceptors (Lipinski definition) is 3. The quantitative estimate of drug-likeness (QED) is 0.588. The Morgan fingerprint density at radius 1 is 1.28 bits per heavy atom. The molecule has 0 fully saturated rings. The molecule has 0 spiro atoms. The Morgan fingerprint density at radius 3 is 2.44 bits per heavy atom. The van der Waals surface area contributed by atoms with Gasteiger partial charge in [-0.1, -0.05) is 44.0 Å². The summed E-state index contributed by atoms with van der Waals surface area (Å²) >= 11 is 6.44. The van der Waals surface area contributed by atoms with Crippen LogP contribution in [0.15, 0.2) is 18.2 Å². The highest BCUT2D eigenvalue weighted by molar-refractivity contribution is 9.09. The van der Waals surface area contributed by atoms with Crippen LogP contribution >= 0.6 is 31.9 Å². The molecule has 0 aromatic heterocycles. The first kappa shape index (κ1) is 15.3. The van der Waals surface area contributed by atoms with Crippen LogP contribution in [0.5, 0.6) is 0 Å². The van der Waals surface area contributed by atoms with Gasteiger partial charge in [-0.25, -0.2) is 4.79 Å². The van der Waals surface area contributed by atoms with Crippen molar-refractivity contribution in [1.29, 1.82) is 0 Å². The summed E-state index contributed by atoms with van der Waals surface area (Å²) in [5.74, 6) is -1.56. The average Bonchev–Trinajstić information content (AvgIpc) is 2.37. The SMILES string of the molecule is O=C(CCBr)c1cc(CBr)ccc1C(O)C(=O)O. The summed E-state index contributed by atoms with van der Waals surface area (Å²) < 4.78 is 0. The van der Waals surface area contributed by atoms with E-state index in [1.54, 1.807) is 12.1 Å². The molecular formula is C12H12Br2O4. The molecule has 98 valence electrons. The van der Waals surface area contributed by atoms with Gasteiger partial charge >= 0.3 is 5.97 Å². The van der Waals surface area contributed by atoms with Gasteiger partial charge in [0.1, 0.15) is 0 Å². The van der Waals surface area contributed by atoms with Crippen LogP contribution in [0.1, 0.15) is 34.0 Å². The number of benzene rings is 1. The summed E-state index contributed by atoms with van der Waals surface area (Å²) in [6.07, 6.45) is -1.42. The molecule has 0 aliphatic carbocycles. The predicted molar refractivity (Wildman–Crippen MR) is 74.4 cm³/mol. The zero-order valence-corrected chi connectivity index (χ0v) is 12.6. The highest BCUT2D eigenvalue weighted by Crippen LogP contribution is 2.23. The van der Waals surface area contributed by atoms with E-state index >= 15 is 0 Å². The number of ketones is 1.